The lowest BCUT2D eigenvalue weighted by molar-refractivity contribution is -0.119. The molecular formula is C14H21Cl2N3O4. The molecule has 0 heterocycles. The van der Waals surface area contributed by atoms with Crippen LogP contribution in [0.4, 0.5) is 0 Å². The average Bonchev–Trinajstić information content (AvgIpc) is 2.49. The second kappa shape index (κ2) is 10.9. The SMILES string of the molecule is CNCCCNC(=O)c1cc(Cl)c(OCC(N)=O)c(OC)c1.Cl. The predicted molar refractivity (Wildman–Crippen MR) is 90.8 cm³/mol. The van der Waals surface area contributed by atoms with Crippen LogP contribution in [0.25, 0.3) is 0 Å². The van der Waals surface area contributed by atoms with Gasteiger partial charge in [-0.05, 0) is 32.1 Å². The van der Waals surface area contributed by atoms with Gasteiger partial charge in [0.1, 0.15) is 0 Å². The standard InChI is InChI=1S/C14H20ClN3O4.ClH/c1-17-4-3-5-18-14(20)9-6-10(15)13(11(7-9)21-2)22-8-12(16)19;/h6-7,17H,3-5,8H2,1-2H3,(H2,16,19)(H,18,20);1H. The largest absolute Gasteiger partial charge is 0.493 e. The van der Waals surface area contributed by atoms with Crippen molar-refractivity contribution in [1.29, 1.82) is 0 Å². The number of halogens is 2. The van der Waals surface area contributed by atoms with Gasteiger partial charge >= 0.3 is 0 Å². The van der Waals surface area contributed by atoms with E-state index in [4.69, 9.17) is 26.8 Å². The minimum atomic E-state index is -0.635. The quantitative estimate of drug-likeness (QED) is 0.566. The van der Waals surface area contributed by atoms with E-state index in [0.717, 1.165) is 13.0 Å². The number of carbonyl (C=O) groups is 2. The molecule has 9 heteroatoms. The number of hydrogen-bond acceptors (Lipinski definition) is 5. The first-order valence-electron chi connectivity index (χ1n) is 6.71. The summed E-state index contributed by atoms with van der Waals surface area (Å²) in [5, 5.41) is 5.93. The molecule has 4 N–H and O–H groups in total. The van der Waals surface area contributed by atoms with Crippen LogP contribution in [0.15, 0.2) is 12.1 Å². The van der Waals surface area contributed by atoms with Gasteiger partial charge in [-0.2, -0.15) is 0 Å². The summed E-state index contributed by atoms with van der Waals surface area (Å²) in [4.78, 5) is 22.8. The van der Waals surface area contributed by atoms with Crippen LogP contribution < -0.4 is 25.8 Å². The number of carbonyl (C=O) groups excluding carboxylic acids is 2. The number of nitrogens with one attached hydrogen (secondary N) is 2. The first kappa shape index (κ1) is 21.3. The lowest BCUT2D eigenvalue weighted by Crippen LogP contribution is -2.26. The summed E-state index contributed by atoms with van der Waals surface area (Å²) in [7, 11) is 3.26. The lowest BCUT2D eigenvalue weighted by Gasteiger charge is -2.13. The van der Waals surface area contributed by atoms with Crippen molar-refractivity contribution in [1.82, 2.24) is 10.6 Å². The van der Waals surface area contributed by atoms with E-state index in [1.54, 1.807) is 0 Å². The highest BCUT2D eigenvalue weighted by atomic mass is 35.5. The van der Waals surface area contributed by atoms with Gasteiger partial charge in [0, 0.05) is 12.1 Å². The molecule has 0 fully saturated rings. The average molecular weight is 366 g/mol. The Kier molecular flexibility index (Phi) is 10.1. The van der Waals surface area contributed by atoms with Crippen molar-refractivity contribution in [2.45, 2.75) is 6.42 Å². The Bertz CT molecular complexity index is 541. The second-order valence-electron chi connectivity index (χ2n) is 4.46. The Morgan fingerprint density at radius 3 is 2.57 bits per heavy atom. The van der Waals surface area contributed by atoms with E-state index in [-0.39, 0.29) is 41.4 Å². The monoisotopic (exact) mass is 365 g/mol. The Balaban J connectivity index is 0.00000484. The van der Waals surface area contributed by atoms with Crippen molar-refractivity contribution < 1.29 is 19.1 Å². The third-order valence-electron chi connectivity index (χ3n) is 2.74. The van der Waals surface area contributed by atoms with Crippen molar-refractivity contribution in [3.8, 4) is 11.5 Å². The number of nitrogens with two attached hydrogens (primary N) is 1. The summed E-state index contributed by atoms with van der Waals surface area (Å²) in [5.74, 6) is -0.467. The normalized spacial score (nSPS) is 9.70. The number of primary amides is 1. The van der Waals surface area contributed by atoms with Crippen LogP contribution in [0.3, 0.4) is 0 Å². The van der Waals surface area contributed by atoms with Crippen LogP contribution in [0.5, 0.6) is 11.5 Å². The summed E-state index contributed by atoms with van der Waals surface area (Å²) in [6.45, 7) is 1.02. The van der Waals surface area contributed by atoms with Crippen molar-refractivity contribution in [2.75, 3.05) is 33.9 Å². The lowest BCUT2D eigenvalue weighted by atomic mass is 10.2. The van der Waals surface area contributed by atoms with Crippen molar-refractivity contribution >= 4 is 35.8 Å². The third-order valence-corrected chi connectivity index (χ3v) is 3.02. The van der Waals surface area contributed by atoms with E-state index >= 15 is 0 Å². The van der Waals surface area contributed by atoms with Gasteiger partial charge in [0.15, 0.2) is 18.1 Å². The van der Waals surface area contributed by atoms with Gasteiger partial charge in [0.25, 0.3) is 11.8 Å². The van der Waals surface area contributed by atoms with Gasteiger partial charge in [0.05, 0.1) is 12.1 Å². The zero-order chi connectivity index (χ0) is 16.5. The molecule has 1 aromatic carbocycles. The zero-order valence-corrected chi connectivity index (χ0v) is 14.6. The first-order chi connectivity index (χ1) is 10.5. The molecule has 0 aliphatic rings. The molecule has 0 aromatic heterocycles. The first-order valence-corrected chi connectivity index (χ1v) is 7.08. The van der Waals surface area contributed by atoms with E-state index in [1.807, 2.05) is 7.05 Å². The van der Waals surface area contributed by atoms with Gasteiger partial charge in [-0.15, -0.1) is 12.4 Å². The fraction of sp³-hybridized carbons (Fsp3) is 0.429. The molecular weight excluding hydrogens is 345 g/mol. The molecule has 0 atom stereocenters. The highest BCUT2D eigenvalue weighted by Gasteiger charge is 2.16. The number of methoxy groups -OCH3 is 1. The fourth-order valence-corrected chi connectivity index (χ4v) is 1.97. The van der Waals surface area contributed by atoms with Gasteiger partial charge in [-0.1, -0.05) is 11.6 Å². The third kappa shape index (κ3) is 6.94. The zero-order valence-electron chi connectivity index (χ0n) is 13.0. The highest BCUT2D eigenvalue weighted by Crippen LogP contribution is 2.36. The van der Waals surface area contributed by atoms with Gasteiger partial charge in [-0.25, -0.2) is 0 Å². The van der Waals surface area contributed by atoms with E-state index < -0.39 is 5.91 Å². The molecule has 0 aliphatic carbocycles. The number of amides is 2. The molecule has 0 saturated heterocycles. The molecule has 2 amide bonds. The van der Waals surface area contributed by atoms with Crippen LogP contribution >= 0.6 is 24.0 Å². The Morgan fingerprint density at radius 2 is 2.00 bits per heavy atom. The highest BCUT2D eigenvalue weighted by molar-refractivity contribution is 6.32. The topological polar surface area (TPSA) is 103 Å². The summed E-state index contributed by atoms with van der Waals surface area (Å²) in [5.41, 5.74) is 5.37. The Morgan fingerprint density at radius 1 is 1.30 bits per heavy atom. The van der Waals surface area contributed by atoms with Crippen LogP contribution in [-0.4, -0.2) is 45.7 Å². The molecule has 130 valence electrons. The molecule has 0 unspecified atom stereocenters. The maximum atomic E-state index is 12.0. The molecule has 0 aliphatic heterocycles. The van der Waals surface area contributed by atoms with E-state index in [1.165, 1.54) is 19.2 Å². The minimum absolute atomic E-state index is 0. The number of hydrogen-bond donors (Lipinski definition) is 3. The molecule has 0 saturated carbocycles. The van der Waals surface area contributed by atoms with Crippen molar-refractivity contribution in [2.24, 2.45) is 5.73 Å². The molecule has 23 heavy (non-hydrogen) atoms. The molecule has 1 aromatic rings. The van der Waals surface area contributed by atoms with Gasteiger partial charge in [0.2, 0.25) is 0 Å². The Hall–Kier alpha value is -1.70. The Labute approximate surface area is 146 Å². The molecule has 0 radical (unpaired) electrons. The molecule has 1 rings (SSSR count). The van der Waals surface area contributed by atoms with Gasteiger partial charge < -0.3 is 25.8 Å². The van der Waals surface area contributed by atoms with Crippen molar-refractivity contribution in [3.05, 3.63) is 22.7 Å². The van der Waals surface area contributed by atoms with Gasteiger partial charge in [-0.3, -0.25) is 9.59 Å². The summed E-state index contributed by atoms with van der Waals surface area (Å²) in [6.07, 6.45) is 0.812. The van der Waals surface area contributed by atoms with Crippen LogP contribution in [0.1, 0.15) is 16.8 Å². The number of ether oxygens (including phenoxy) is 2. The van der Waals surface area contributed by atoms with Crippen molar-refractivity contribution in [3.63, 3.8) is 0 Å². The summed E-state index contributed by atoms with van der Waals surface area (Å²) in [6, 6.07) is 2.95. The van der Waals surface area contributed by atoms with Crippen LogP contribution in [-0.2, 0) is 4.79 Å². The van der Waals surface area contributed by atoms with E-state index in [2.05, 4.69) is 10.6 Å². The number of benzene rings is 1. The number of rotatable bonds is 9. The fourth-order valence-electron chi connectivity index (χ4n) is 1.70. The minimum Gasteiger partial charge on any atom is -0.493 e. The van der Waals surface area contributed by atoms with E-state index in [0.29, 0.717) is 12.1 Å². The summed E-state index contributed by atoms with van der Waals surface area (Å²) < 4.78 is 10.3. The van der Waals surface area contributed by atoms with Crippen LogP contribution in [0, 0.1) is 0 Å². The van der Waals surface area contributed by atoms with Crippen LogP contribution in [0.2, 0.25) is 5.02 Å². The maximum absolute atomic E-state index is 12.0. The maximum Gasteiger partial charge on any atom is 0.255 e. The van der Waals surface area contributed by atoms with E-state index in [9.17, 15) is 9.59 Å². The molecule has 0 bridgehead atoms. The molecule has 7 nitrogen and oxygen atoms in total. The molecule has 0 spiro atoms. The second-order valence-corrected chi connectivity index (χ2v) is 4.86. The predicted octanol–water partition coefficient (Wildman–Crippen LogP) is 0.974. The smallest absolute Gasteiger partial charge is 0.255 e. The summed E-state index contributed by atoms with van der Waals surface area (Å²) >= 11 is 6.08.